The number of nitro benzene ring substituents is 1. The topological polar surface area (TPSA) is 79.6 Å². The highest BCUT2D eigenvalue weighted by Crippen LogP contribution is 2.21. The molecule has 0 aliphatic carbocycles. The Balaban J connectivity index is 1.29. The van der Waals surface area contributed by atoms with E-state index in [-0.39, 0.29) is 11.6 Å². The Kier molecular flexibility index (Phi) is 6.04. The quantitative estimate of drug-likeness (QED) is 0.448. The number of nitro groups is 1. The molecule has 1 aliphatic rings. The first-order valence-corrected chi connectivity index (χ1v) is 10.7. The fourth-order valence-corrected chi connectivity index (χ4v) is 4.38. The number of piperazine rings is 1. The Morgan fingerprint density at radius 3 is 2.40 bits per heavy atom. The van der Waals surface area contributed by atoms with Gasteiger partial charge in [0, 0.05) is 55.8 Å². The van der Waals surface area contributed by atoms with Crippen molar-refractivity contribution in [2.75, 3.05) is 31.1 Å². The molecule has 0 spiro atoms. The number of thiazole rings is 1. The zero-order chi connectivity index (χ0) is 20.9. The number of anilines is 1. The molecule has 2 aromatic carbocycles. The van der Waals surface area contributed by atoms with E-state index in [1.54, 1.807) is 23.5 Å². The maximum atomic E-state index is 12.7. The van der Waals surface area contributed by atoms with Crippen molar-refractivity contribution in [1.29, 1.82) is 0 Å². The maximum Gasteiger partial charge on any atom is 0.269 e. The van der Waals surface area contributed by atoms with E-state index in [0.717, 1.165) is 22.8 Å². The molecule has 0 N–H and O–H groups in total. The summed E-state index contributed by atoms with van der Waals surface area (Å²) in [7, 11) is 0. The number of carbonyl (C=O) groups excluding carboxylic acids is 1. The van der Waals surface area contributed by atoms with Crippen LogP contribution in [0.1, 0.15) is 16.3 Å². The number of amides is 1. The molecule has 0 atom stereocenters. The van der Waals surface area contributed by atoms with E-state index in [1.165, 1.54) is 17.7 Å². The number of rotatable bonds is 6. The molecule has 0 radical (unpaired) electrons. The molecule has 1 aliphatic heterocycles. The molecule has 154 valence electrons. The van der Waals surface area contributed by atoms with Crippen molar-refractivity contribution in [3.63, 3.8) is 0 Å². The summed E-state index contributed by atoms with van der Waals surface area (Å²) in [5.41, 5.74) is 3.07. The number of non-ortho nitro benzene ring substituents is 1. The van der Waals surface area contributed by atoms with E-state index >= 15 is 0 Å². The third-order valence-electron chi connectivity index (χ3n) is 5.19. The monoisotopic (exact) mass is 422 g/mol. The normalized spacial score (nSPS) is 14.0. The van der Waals surface area contributed by atoms with Gasteiger partial charge in [-0.3, -0.25) is 14.9 Å². The molecule has 8 heteroatoms. The molecule has 1 amide bonds. The predicted molar refractivity (Wildman–Crippen MR) is 117 cm³/mol. The number of aromatic nitrogens is 1. The second kappa shape index (κ2) is 9.04. The summed E-state index contributed by atoms with van der Waals surface area (Å²) in [6.45, 7) is 2.69. The maximum absolute atomic E-state index is 12.7. The van der Waals surface area contributed by atoms with Crippen LogP contribution in [0.15, 0.2) is 60.0 Å². The Labute approximate surface area is 178 Å². The molecule has 0 bridgehead atoms. The minimum atomic E-state index is -0.399. The lowest BCUT2D eigenvalue weighted by Gasteiger charge is -2.36. The molecule has 7 nitrogen and oxygen atoms in total. The Hall–Kier alpha value is -3.26. The first kappa shape index (κ1) is 20.0. The molecule has 4 rings (SSSR count). The summed E-state index contributed by atoms with van der Waals surface area (Å²) in [5.74, 6) is 0.0925. The standard InChI is InChI=1S/C22H22N4O3S/c27-22(15-18-16-30-21(23-18)14-17-4-2-1-3-5-17)25-12-10-24(11-13-25)19-6-8-20(9-7-19)26(28)29/h1-9,16H,10-15H2. The number of benzene rings is 2. The molecule has 0 unspecified atom stereocenters. The molecule has 3 aromatic rings. The Morgan fingerprint density at radius 2 is 1.73 bits per heavy atom. The van der Waals surface area contributed by atoms with Crippen LogP contribution in [0.2, 0.25) is 0 Å². The molecule has 1 fully saturated rings. The third kappa shape index (κ3) is 4.83. The van der Waals surface area contributed by atoms with Crippen molar-refractivity contribution in [1.82, 2.24) is 9.88 Å². The zero-order valence-electron chi connectivity index (χ0n) is 16.4. The van der Waals surface area contributed by atoms with Gasteiger partial charge in [-0.1, -0.05) is 30.3 Å². The van der Waals surface area contributed by atoms with Crippen molar-refractivity contribution in [2.24, 2.45) is 0 Å². The van der Waals surface area contributed by atoms with Crippen LogP contribution in [0.3, 0.4) is 0 Å². The Morgan fingerprint density at radius 1 is 1.03 bits per heavy atom. The van der Waals surface area contributed by atoms with Crippen molar-refractivity contribution in [3.05, 3.63) is 86.4 Å². The van der Waals surface area contributed by atoms with Crippen LogP contribution >= 0.6 is 11.3 Å². The molecule has 30 heavy (non-hydrogen) atoms. The fraction of sp³-hybridized carbons (Fsp3) is 0.273. The average molecular weight is 423 g/mol. The summed E-state index contributed by atoms with van der Waals surface area (Å²) < 4.78 is 0. The van der Waals surface area contributed by atoms with Gasteiger partial charge in [0.15, 0.2) is 0 Å². The number of hydrogen-bond donors (Lipinski definition) is 0. The number of nitrogens with zero attached hydrogens (tertiary/aromatic N) is 4. The highest BCUT2D eigenvalue weighted by atomic mass is 32.1. The summed E-state index contributed by atoms with van der Waals surface area (Å²) in [6.07, 6.45) is 1.11. The van der Waals surface area contributed by atoms with Crippen molar-refractivity contribution >= 4 is 28.6 Å². The lowest BCUT2D eigenvalue weighted by atomic mass is 10.2. The highest BCUT2D eigenvalue weighted by Gasteiger charge is 2.22. The van der Waals surface area contributed by atoms with Gasteiger partial charge < -0.3 is 9.80 Å². The SMILES string of the molecule is O=C(Cc1csc(Cc2ccccc2)n1)N1CCN(c2ccc([N+](=O)[O-])cc2)CC1. The van der Waals surface area contributed by atoms with Crippen molar-refractivity contribution in [2.45, 2.75) is 12.8 Å². The van der Waals surface area contributed by atoms with Crippen LogP contribution in [-0.4, -0.2) is 46.9 Å². The first-order chi connectivity index (χ1) is 14.6. The van der Waals surface area contributed by atoms with Crippen LogP contribution in [0.4, 0.5) is 11.4 Å². The van der Waals surface area contributed by atoms with Crippen LogP contribution in [0, 0.1) is 10.1 Å². The van der Waals surface area contributed by atoms with Gasteiger partial charge in [-0.25, -0.2) is 4.98 Å². The summed E-state index contributed by atoms with van der Waals surface area (Å²) in [6, 6.07) is 16.8. The number of hydrogen-bond acceptors (Lipinski definition) is 6. The van der Waals surface area contributed by atoms with E-state index in [0.29, 0.717) is 32.6 Å². The third-order valence-corrected chi connectivity index (χ3v) is 6.09. The van der Waals surface area contributed by atoms with Gasteiger partial charge in [0.05, 0.1) is 22.0 Å². The van der Waals surface area contributed by atoms with Gasteiger partial charge >= 0.3 is 0 Å². The molecule has 1 aromatic heterocycles. The molecule has 1 saturated heterocycles. The van der Waals surface area contributed by atoms with E-state index in [2.05, 4.69) is 22.0 Å². The smallest absolute Gasteiger partial charge is 0.269 e. The summed E-state index contributed by atoms with van der Waals surface area (Å²) in [5, 5.41) is 13.8. The van der Waals surface area contributed by atoms with Gasteiger partial charge in [0.1, 0.15) is 0 Å². The average Bonchev–Trinajstić information content (AvgIpc) is 3.21. The van der Waals surface area contributed by atoms with Crippen molar-refractivity contribution < 1.29 is 9.72 Å². The minimum Gasteiger partial charge on any atom is -0.368 e. The van der Waals surface area contributed by atoms with Crippen LogP contribution in [0.5, 0.6) is 0 Å². The van der Waals surface area contributed by atoms with Gasteiger partial charge in [0.25, 0.3) is 5.69 Å². The molecule has 0 saturated carbocycles. The van der Waals surface area contributed by atoms with Crippen molar-refractivity contribution in [3.8, 4) is 0 Å². The summed E-state index contributed by atoms with van der Waals surface area (Å²) in [4.78, 5) is 31.7. The molecular weight excluding hydrogens is 400 g/mol. The van der Waals surface area contributed by atoms with Gasteiger partial charge in [-0.05, 0) is 17.7 Å². The van der Waals surface area contributed by atoms with E-state index in [1.807, 2.05) is 28.5 Å². The van der Waals surface area contributed by atoms with Crippen LogP contribution in [-0.2, 0) is 17.6 Å². The minimum absolute atomic E-state index is 0.0856. The predicted octanol–water partition coefficient (Wildman–Crippen LogP) is 3.53. The summed E-state index contributed by atoms with van der Waals surface area (Å²) >= 11 is 1.60. The van der Waals surface area contributed by atoms with E-state index < -0.39 is 4.92 Å². The second-order valence-electron chi connectivity index (χ2n) is 7.21. The molecular formula is C22H22N4O3S. The largest absolute Gasteiger partial charge is 0.368 e. The van der Waals surface area contributed by atoms with Gasteiger partial charge in [-0.2, -0.15) is 0 Å². The highest BCUT2D eigenvalue weighted by molar-refractivity contribution is 7.09. The lowest BCUT2D eigenvalue weighted by Crippen LogP contribution is -2.49. The van der Waals surface area contributed by atoms with Crippen LogP contribution in [0.25, 0.3) is 0 Å². The van der Waals surface area contributed by atoms with E-state index in [9.17, 15) is 14.9 Å². The fourth-order valence-electron chi connectivity index (χ4n) is 3.55. The lowest BCUT2D eigenvalue weighted by molar-refractivity contribution is -0.384. The first-order valence-electron chi connectivity index (χ1n) is 9.83. The number of carbonyl (C=O) groups is 1. The molecule has 2 heterocycles. The van der Waals surface area contributed by atoms with Gasteiger partial charge in [-0.15, -0.1) is 11.3 Å². The second-order valence-corrected chi connectivity index (χ2v) is 8.16. The van der Waals surface area contributed by atoms with E-state index in [4.69, 9.17) is 0 Å². The van der Waals surface area contributed by atoms with Crippen LogP contribution < -0.4 is 4.90 Å². The Bertz CT molecular complexity index is 1010. The van der Waals surface area contributed by atoms with Gasteiger partial charge in [0.2, 0.25) is 5.91 Å². The zero-order valence-corrected chi connectivity index (χ0v) is 17.3.